The van der Waals surface area contributed by atoms with Crippen molar-refractivity contribution >= 4 is 15.9 Å². The van der Waals surface area contributed by atoms with Gasteiger partial charge in [0, 0.05) is 17.4 Å². The number of rotatable bonds is 8. The van der Waals surface area contributed by atoms with E-state index in [1.165, 1.54) is 17.5 Å². The number of hydrogen-bond donors (Lipinski definition) is 1. The summed E-state index contributed by atoms with van der Waals surface area (Å²) in [6, 6.07) is 4.30. The Bertz CT molecular complexity index is 409. The smallest absolute Gasteiger partial charge is 0.125 e. The second-order valence-electron chi connectivity index (χ2n) is 4.76. The lowest BCUT2D eigenvalue weighted by Crippen LogP contribution is -2.20. The van der Waals surface area contributed by atoms with Gasteiger partial charge in [-0.15, -0.1) is 0 Å². The van der Waals surface area contributed by atoms with Gasteiger partial charge in [0.05, 0.1) is 19.8 Å². The Labute approximate surface area is 123 Å². The third kappa shape index (κ3) is 4.48. The number of halogens is 1. The molecule has 0 amide bonds. The molecule has 0 fully saturated rings. The first-order valence-electron chi connectivity index (χ1n) is 7.04. The summed E-state index contributed by atoms with van der Waals surface area (Å²) in [5.74, 6) is 1.08. The average molecular weight is 328 g/mol. The molecule has 1 aliphatic rings. The van der Waals surface area contributed by atoms with Gasteiger partial charge in [-0.25, -0.2) is 0 Å². The Morgan fingerprint density at radius 1 is 1.32 bits per heavy atom. The van der Waals surface area contributed by atoms with Gasteiger partial charge < -0.3 is 14.8 Å². The molecular formula is C15H22BrNO2. The van der Waals surface area contributed by atoms with Crippen molar-refractivity contribution in [3.63, 3.8) is 0 Å². The molecule has 3 nitrogen and oxygen atoms in total. The van der Waals surface area contributed by atoms with Crippen LogP contribution in [0.1, 0.15) is 24.5 Å². The van der Waals surface area contributed by atoms with Gasteiger partial charge in [0.15, 0.2) is 0 Å². The van der Waals surface area contributed by atoms with E-state index in [0.717, 1.165) is 56.0 Å². The van der Waals surface area contributed by atoms with Crippen molar-refractivity contribution in [2.45, 2.75) is 26.2 Å². The second kappa shape index (κ2) is 7.88. The minimum Gasteiger partial charge on any atom is -0.493 e. The van der Waals surface area contributed by atoms with Crippen molar-refractivity contribution in [3.05, 3.63) is 27.7 Å². The highest BCUT2D eigenvalue weighted by molar-refractivity contribution is 9.10. The van der Waals surface area contributed by atoms with Crippen molar-refractivity contribution in [1.29, 1.82) is 0 Å². The van der Waals surface area contributed by atoms with E-state index in [9.17, 15) is 0 Å². The summed E-state index contributed by atoms with van der Waals surface area (Å²) in [4.78, 5) is 0. The topological polar surface area (TPSA) is 30.5 Å². The molecule has 1 N–H and O–H groups in total. The van der Waals surface area contributed by atoms with E-state index in [1.54, 1.807) is 0 Å². The van der Waals surface area contributed by atoms with Gasteiger partial charge in [-0.1, -0.05) is 22.9 Å². The Morgan fingerprint density at radius 3 is 3.05 bits per heavy atom. The van der Waals surface area contributed by atoms with Gasteiger partial charge in [0.1, 0.15) is 5.75 Å². The molecule has 1 heterocycles. The summed E-state index contributed by atoms with van der Waals surface area (Å²) < 4.78 is 12.5. The third-order valence-corrected chi connectivity index (χ3v) is 3.65. The SMILES string of the molecule is CCCNCCOCCc1cc(Br)cc2c1OCC2. The van der Waals surface area contributed by atoms with Crippen LogP contribution >= 0.6 is 15.9 Å². The molecule has 1 aromatic rings. The molecule has 4 heteroatoms. The molecule has 0 aliphatic carbocycles. The lowest BCUT2D eigenvalue weighted by molar-refractivity contribution is 0.138. The molecule has 1 aromatic carbocycles. The largest absolute Gasteiger partial charge is 0.493 e. The summed E-state index contributed by atoms with van der Waals surface area (Å²) >= 11 is 3.56. The molecule has 1 aliphatic heterocycles. The van der Waals surface area contributed by atoms with Crippen LogP contribution in [0.5, 0.6) is 5.75 Å². The fourth-order valence-electron chi connectivity index (χ4n) is 2.26. The van der Waals surface area contributed by atoms with Crippen LogP contribution in [0, 0.1) is 0 Å². The highest BCUT2D eigenvalue weighted by Gasteiger charge is 2.17. The van der Waals surface area contributed by atoms with Crippen LogP contribution in [0.4, 0.5) is 0 Å². The van der Waals surface area contributed by atoms with Crippen LogP contribution in [0.15, 0.2) is 16.6 Å². The van der Waals surface area contributed by atoms with Crippen LogP contribution in [0.3, 0.4) is 0 Å². The zero-order valence-electron chi connectivity index (χ0n) is 11.5. The summed E-state index contributed by atoms with van der Waals surface area (Å²) in [5, 5.41) is 3.33. The molecule has 0 bridgehead atoms. The van der Waals surface area contributed by atoms with Crippen molar-refractivity contribution in [2.75, 3.05) is 32.9 Å². The van der Waals surface area contributed by atoms with Gasteiger partial charge >= 0.3 is 0 Å². The van der Waals surface area contributed by atoms with E-state index < -0.39 is 0 Å². The first-order valence-corrected chi connectivity index (χ1v) is 7.83. The Hall–Kier alpha value is -0.580. The average Bonchev–Trinajstić information content (AvgIpc) is 2.85. The van der Waals surface area contributed by atoms with E-state index in [0.29, 0.717) is 0 Å². The van der Waals surface area contributed by atoms with Crippen LogP contribution < -0.4 is 10.1 Å². The summed E-state index contributed by atoms with van der Waals surface area (Å²) in [7, 11) is 0. The van der Waals surface area contributed by atoms with Crippen LogP contribution in [0.2, 0.25) is 0 Å². The van der Waals surface area contributed by atoms with Crippen molar-refractivity contribution < 1.29 is 9.47 Å². The minimum absolute atomic E-state index is 0.750. The Kier molecular flexibility index (Phi) is 6.14. The standard InChI is InChI=1S/C15H22BrNO2/c1-2-5-17-6-9-18-7-3-12-10-14(16)11-13-4-8-19-15(12)13/h10-11,17H,2-9H2,1H3. The fourth-order valence-corrected chi connectivity index (χ4v) is 2.81. The van der Waals surface area contributed by atoms with Gasteiger partial charge in [0.2, 0.25) is 0 Å². The zero-order chi connectivity index (χ0) is 13.5. The minimum atomic E-state index is 0.750. The summed E-state index contributed by atoms with van der Waals surface area (Å²) in [6.07, 6.45) is 3.10. The van der Waals surface area contributed by atoms with Crippen LogP contribution in [0.25, 0.3) is 0 Å². The number of hydrogen-bond acceptors (Lipinski definition) is 3. The maximum atomic E-state index is 5.71. The lowest BCUT2D eigenvalue weighted by Gasteiger charge is -2.10. The number of fused-ring (bicyclic) bond motifs is 1. The van der Waals surface area contributed by atoms with E-state index in [2.05, 4.69) is 40.3 Å². The molecular weight excluding hydrogens is 306 g/mol. The first kappa shape index (κ1) is 14.8. The van der Waals surface area contributed by atoms with E-state index >= 15 is 0 Å². The van der Waals surface area contributed by atoms with Crippen molar-refractivity contribution in [3.8, 4) is 5.75 Å². The van der Waals surface area contributed by atoms with Gasteiger partial charge in [-0.3, -0.25) is 0 Å². The lowest BCUT2D eigenvalue weighted by atomic mass is 10.1. The van der Waals surface area contributed by atoms with Crippen LogP contribution in [-0.2, 0) is 17.6 Å². The highest BCUT2D eigenvalue weighted by Crippen LogP contribution is 2.33. The second-order valence-corrected chi connectivity index (χ2v) is 5.68. The van der Waals surface area contributed by atoms with Gasteiger partial charge in [0.25, 0.3) is 0 Å². The number of benzene rings is 1. The van der Waals surface area contributed by atoms with Gasteiger partial charge in [-0.05, 0) is 42.6 Å². The molecule has 19 heavy (non-hydrogen) atoms. The molecule has 0 spiro atoms. The highest BCUT2D eigenvalue weighted by atomic mass is 79.9. The molecule has 2 rings (SSSR count). The maximum absolute atomic E-state index is 5.71. The predicted octanol–water partition coefficient (Wildman–Crippen LogP) is 2.94. The number of nitrogens with one attached hydrogen (secondary N) is 1. The maximum Gasteiger partial charge on any atom is 0.125 e. The Morgan fingerprint density at radius 2 is 2.21 bits per heavy atom. The van der Waals surface area contributed by atoms with Crippen molar-refractivity contribution in [2.24, 2.45) is 0 Å². The summed E-state index contributed by atoms with van der Waals surface area (Å²) in [5.41, 5.74) is 2.57. The quantitative estimate of drug-likeness (QED) is 0.745. The number of ether oxygens (including phenoxy) is 2. The van der Waals surface area contributed by atoms with Crippen LogP contribution in [-0.4, -0.2) is 32.9 Å². The van der Waals surface area contributed by atoms with E-state index in [4.69, 9.17) is 9.47 Å². The predicted molar refractivity (Wildman–Crippen MR) is 81.0 cm³/mol. The first-order chi connectivity index (χ1) is 9.31. The molecule has 0 radical (unpaired) electrons. The molecule has 106 valence electrons. The molecule has 0 saturated heterocycles. The third-order valence-electron chi connectivity index (χ3n) is 3.19. The fraction of sp³-hybridized carbons (Fsp3) is 0.600. The molecule has 0 saturated carbocycles. The molecule has 0 aromatic heterocycles. The zero-order valence-corrected chi connectivity index (χ0v) is 13.1. The monoisotopic (exact) mass is 327 g/mol. The molecule has 0 unspecified atom stereocenters. The summed E-state index contributed by atoms with van der Waals surface area (Å²) in [6.45, 7) is 6.50. The Balaban J connectivity index is 1.74. The van der Waals surface area contributed by atoms with Gasteiger partial charge in [-0.2, -0.15) is 0 Å². The molecule has 0 atom stereocenters. The van der Waals surface area contributed by atoms with E-state index in [-0.39, 0.29) is 0 Å². The van der Waals surface area contributed by atoms with Crippen molar-refractivity contribution in [1.82, 2.24) is 5.32 Å². The normalized spacial score (nSPS) is 13.4. The van der Waals surface area contributed by atoms with E-state index in [1.807, 2.05) is 0 Å².